The third-order valence-electron chi connectivity index (χ3n) is 4.82. The molecular weight excluding hydrogens is 204 g/mol. The molecule has 0 nitrogen and oxygen atoms in total. The molecule has 2 aliphatic carbocycles. The largest absolute Gasteiger partial charge is 0.0587 e. The number of fused-ring (bicyclic) bond motifs is 2. The van der Waals surface area contributed by atoms with E-state index in [1.807, 2.05) is 0 Å². The fraction of sp³-hybridized carbons (Fsp3) is 0.647. The van der Waals surface area contributed by atoms with Gasteiger partial charge in [-0.2, -0.15) is 0 Å². The van der Waals surface area contributed by atoms with Crippen LogP contribution in [0.15, 0.2) is 0 Å². The van der Waals surface area contributed by atoms with Crippen LogP contribution in [-0.2, 0) is 25.7 Å². The molecule has 0 fully saturated rings. The normalized spacial score (nSPS) is 18.4. The summed E-state index contributed by atoms with van der Waals surface area (Å²) < 4.78 is 0. The molecule has 0 bridgehead atoms. The molecule has 0 atom stereocenters. The molecular formula is C17H24. The van der Waals surface area contributed by atoms with Crippen molar-refractivity contribution in [2.75, 3.05) is 0 Å². The van der Waals surface area contributed by atoms with Gasteiger partial charge in [-0.25, -0.2) is 0 Å². The van der Waals surface area contributed by atoms with Gasteiger partial charge in [-0.05, 0) is 91.2 Å². The molecule has 0 aromatic heterocycles. The Morgan fingerprint density at radius 1 is 0.706 bits per heavy atom. The predicted molar refractivity (Wildman–Crippen MR) is 73.9 cm³/mol. The highest BCUT2D eigenvalue weighted by molar-refractivity contribution is 5.55. The topological polar surface area (TPSA) is 0 Å². The van der Waals surface area contributed by atoms with Gasteiger partial charge in [0.15, 0.2) is 0 Å². The van der Waals surface area contributed by atoms with Crippen molar-refractivity contribution in [2.24, 2.45) is 0 Å². The Kier molecular flexibility index (Phi) is 2.77. The van der Waals surface area contributed by atoms with E-state index in [0.29, 0.717) is 5.92 Å². The molecule has 0 amide bonds. The quantitative estimate of drug-likeness (QED) is 0.664. The average molecular weight is 228 g/mol. The smallest absolute Gasteiger partial charge is 0.0213 e. The Hall–Kier alpha value is -0.780. The van der Waals surface area contributed by atoms with Crippen molar-refractivity contribution in [1.82, 2.24) is 0 Å². The number of rotatable bonds is 1. The minimum Gasteiger partial charge on any atom is -0.0587 e. The molecule has 0 aliphatic heterocycles. The second kappa shape index (κ2) is 4.15. The van der Waals surface area contributed by atoms with E-state index in [-0.39, 0.29) is 0 Å². The van der Waals surface area contributed by atoms with E-state index >= 15 is 0 Å². The third-order valence-corrected chi connectivity index (χ3v) is 4.82. The van der Waals surface area contributed by atoms with Gasteiger partial charge < -0.3 is 0 Å². The summed E-state index contributed by atoms with van der Waals surface area (Å²) in [4.78, 5) is 0. The zero-order chi connectivity index (χ0) is 12.0. The predicted octanol–water partition coefficient (Wildman–Crippen LogP) is 4.49. The second-order valence-corrected chi connectivity index (χ2v) is 6.17. The molecule has 0 N–H and O–H groups in total. The maximum atomic E-state index is 2.39. The van der Waals surface area contributed by atoms with E-state index in [4.69, 9.17) is 0 Å². The molecule has 1 aromatic carbocycles. The van der Waals surface area contributed by atoms with Gasteiger partial charge in [0.05, 0.1) is 0 Å². The van der Waals surface area contributed by atoms with Crippen LogP contribution >= 0.6 is 0 Å². The standard InChI is InChI=1S/C17H24/c1-11(2)17-15-8-5-4-7-13(15)12(3)14-9-6-10-16(14)17/h11H,4-10H2,1-3H3. The SMILES string of the molecule is Cc1c2c(c(C(C)C)c3c1CCC3)CCCC2. The monoisotopic (exact) mass is 228 g/mol. The van der Waals surface area contributed by atoms with Gasteiger partial charge >= 0.3 is 0 Å². The Labute approximate surface area is 105 Å². The molecule has 0 radical (unpaired) electrons. The van der Waals surface area contributed by atoms with Gasteiger partial charge in [0.1, 0.15) is 0 Å². The van der Waals surface area contributed by atoms with Gasteiger partial charge in [0, 0.05) is 0 Å². The Morgan fingerprint density at radius 2 is 1.18 bits per heavy atom. The summed E-state index contributed by atoms with van der Waals surface area (Å²) in [6, 6.07) is 0. The van der Waals surface area contributed by atoms with E-state index in [1.165, 1.54) is 44.9 Å². The van der Waals surface area contributed by atoms with Crippen molar-refractivity contribution < 1.29 is 0 Å². The zero-order valence-electron chi connectivity index (χ0n) is 11.5. The van der Waals surface area contributed by atoms with Crippen LogP contribution in [0.3, 0.4) is 0 Å². The van der Waals surface area contributed by atoms with E-state index < -0.39 is 0 Å². The summed E-state index contributed by atoms with van der Waals surface area (Å²) in [7, 11) is 0. The number of hydrogen-bond acceptors (Lipinski definition) is 0. The number of hydrogen-bond donors (Lipinski definition) is 0. The Balaban J connectivity index is 2.29. The lowest BCUT2D eigenvalue weighted by molar-refractivity contribution is 0.663. The van der Waals surface area contributed by atoms with Crippen LogP contribution in [0, 0.1) is 6.92 Å². The van der Waals surface area contributed by atoms with Crippen LogP contribution in [0.2, 0.25) is 0 Å². The summed E-state index contributed by atoms with van der Waals surface area (Å²) >= 11 is 0. The van der Waals surface area contributed by atoms with Crippen LogP contribution in [0.4, 0.5) is 0 Å². The van der Waals surface area contributed by atoms with Gasteiger partial charge in [0.25, 0.3) is 0 Å². The summed E-state index contributed by atoms with van der Waals surface area (Å²) in [5.74, 6) is 0.717. The first-order chi connectivity index (χ1) is 8.20. The first-order valence-corrected chi connectivity index (χ1v) is 7.36. The van der Waals surface area contributed by atoms with Crippen molar-refractivity contribution in [3.8, 4) is 0 Å². The van der Waals surface area contributed by atoms with E-state index in [2.05, 4.69) is 20.8 Å². The first-order valence-electron chi connectivity index (χ1n) is 7.36. The molecule has 3 rings (SSSR count). The maximum absolute atomic E-state index is 2.39. The fourth-order valence-corrected chi connectivity index (χ4v) is 4.13. The molecule has 0 heterocycles. The van der Waals surface area contributed by atoms with Crippen LogP contribution < -0.4 is 0 Å². The zero-order valence-corrected chi connectivity index (χ0v) is 11.5. The summed E-state index contributed by atoms with van der Waals surface area (Å²) in [6.45, 7) is 7.16. The highest BCUT2D eigenvalue weighted by Crippen LogP contribution is 2.40. The molecule has 1 aromatic rings. The molecule has 0 saturated carbocycles. The molecule has 17 heavy (non-hydrogen) atoms. The van der Waals surface area contributed by atoms with Gasteiger partial charge in [-0.1, -0.05) is 13.8 Å². The van der Waals surface area contributed by atoms with Crippen LogP contribution in [-0.4, -0.2) is 0 Å². The lowest BCUT2D eigenvalue weighted by Crippen LogP contribution is -2.13. The van der Waals surface area contributed by atoms with Crippen LogP contribution in [0.1, 0.15) is 72.4 Å². The molecule has 0 spiro atoms. The molecule has 2 aliphatic rings. The fourth-order valence-electron chi connectivity index (χ4n) is 4.13. The Bertz CT molecular complexity index is 452. The van der Waals surface area contributed by atoms with E-state index in [1.54, 1.807) is 33.4 Å². The van der Waals surface area contributed by atoms with Gasteiger partial charge in [-0.15, -0.1) is 0 Å². The van der Waals surface area contributed by atoms with Gasteiger partial charge in [-0.3, -0.25) is 0 Å². The summed E-state index contributed by atoms with van der Waals surface area (Å²) in [5, 5.41) is 0. The van der Waals surface area contributed by atoms with Crippen molar-refractivity contribution in [3.63, 3.8) is 0 Å². The maximum Gasteiger partial charge on any atom is -0.0213 e. The first kappa shape index (κ1) is 11.3. The van der Waals surface area contributed by atoms with Gasteiger partial charge in [0.2, 0.25) is 0 Å². The minimum atomic E-state index is 0.717. The van der Waals surface area contributed by atoms with Crippen LogP contribution in [0.25, 0.3) is 0 Å². The molecule has 0 unspecified atom stereocenters. The molecule has 92 valence electrons. The van der Waals surface area contributed by atoms with Crippen molar-refractivity contribution in [1.29, 1.82) is 0 Å². The molecule has 0 saturated heterocycles. The van der Waals surface area contributed by atoms with Crippen molar-refractivity contribution in [2.45, 2.75) is 71.6 Å². The van der Waals surface area contributed by atoms with E-state index in [0.717, 1.165) is 0 Å². The summed E-state index contributed by atoms with van der Waals surface area (Å²) in [5.41, 5.74) is 10.4. The highest BCUT2D eigenvalue weighted by Gasteiger charge is 2.26. The van der Waals surface area contributed by atoms with Crippen molar-refractivity contribution >= 4 is 0 Å². The van der Waals surface area contributed by atoms with Crippen molar-refractivity contribution in [3.05, 3.63) is 33.4 Å². The second-order valence-electron chi connectivity index (χ2n) is 6.17. The lowest BCUT2D eigenvalue weighted by Gasteiger charge is -2.27. The van der Waals surface area contributed by atoms with Crippen LogP contribution in [0.5, 0.6) is 0 Å². The highest BCUT2D eigenvalue weighted by atomic mass is 14.3. The third kappa shape index (κ3) is 1.64. The number of benzene rings is 1. The van der Waals surface area contributed by atoms with E-state index in [9.17, 15) is 0 Å². The summed E-state index contributed by atoms with van der Waals surface area (Å²) in [6.07, 6.45) is 9.57. The average Bonchev–Trinajstić information content (AvgIpc) is 2.78. The lowest BCUT2D eigenvalue weighted by atomic mass is 9.78. The minimum absolute atomic E-state index is 0.717. The molecule has 0 heteroatoms. The Morgan fingerprint density at radius 3 is 1.76 bits per heavy atom.